The first kappa shape index (κ1) is 15.2. The second kappa shape index (κ2) is 7.58. The highest BCUT2D eigenvalue weighted by Gasteiger charge is 2.07. The van der Waals surface area contributed by atoms with Crippen LogP contribution in [0.25, 0.3) is 0 Å². The molecular formula is C13H19N3O2S. The molecule has 0 heterocycles. The van der Waals surface area contributed by atoms with E-state index in [1.807, 2.05) is 32.0 Å². The van der Waals surface area contributed by atoms with Gasteiger partial charge in [0.25, 0.3) is 0 Å². The van der Waals surface area contributed by atoms with Crippen molar-refractivity contribution in [2.75, 3.05) is 14.2 Å². The van der Waals surface area contributed by atoms with E-state index in [0.29, 0.717) is 16.6 Å². The minimum Gasteiger partial charge on any atom is -0.493 e. The Hall–Kier alpha value is -1.82. The predicted molar refractivity (Wildman–Crippen MR) is 81.1 cm³/mol. The molecule has 0 bridgehead atoms. The molecule has 0 aromatic heterocycles. The highest BCUT2D eigenvalue weighted by Crippen LogP contribution is 2.29. The smallest absolute Gasteiger partial charge is 0.187 e. The average Bonchev–Trinajstić information content (AvgIpc) is 2.37. The number of methoxy groups -OCH3 is 2. The van der Waals surface area contributed by atoms with Crippen LogP contribution >= 0.6 is 12.2 Å². The van der Waals surface area contributed by atoms with Crippen molar-refractivity contribution in [3.05, 3.63) is 23.8 Å². The number of benzene rings is 1. The molecule has 0 saturated heterocycles. The number of hydrazone groups is 1. The summed E-state index contributed by atoms with van der Waals surface area (Å²) in [6, 6.07) is 5.84. The summed E-state index contributed by atoms with van der Waals surface area (Å²) in [5, 5.41) is 7.57. The number of para-hydroxylation sites is 1. The lowest BCUT2D eigenvalue weighted by Gasteiger charge is -2.11. The Morgan fingerprint density at radius 1 is 1.32 bits per heavy atom. The van der Waals surface area contributed by atoms with Crippen molar-refractivity contribution in [1.82, 2.24) is 10.7 Å². The third-order valence-electron chi connectivity index (χ3n) is 2.22. The second-order valence-corrected chi connectivity index (χ2v) is 4.49. The Balaban J connectivity index is 2.74. The van der Waals surface area contributed by atoms with Crippen LogP contribution in [-0.2, 0) is 0 Å². The normalized spacial score (nSPS) is 10.6. The van der Waals surface area contributed by atoms with Gasteiger partial charge in [-0.25, -0.2) is 0 Å². The summed E-state index contributed by atoms with van der Waals surface area (Å²) in [4.78, 5) is 0. The molecule has 1 aromatic rings. The van der Waals surface area contributed by atoms with Gasteiger partial charge in [0, 0.05) is 11.6 Å². The summed E-state index contributed by atoms with van der Waals surface area (Å²) in [6.45, 7) is 4.01. The van der Waals surface area contributed by atoms with Crippen LogP contribution in [0.1, 0.15) is 19.4 Å². The number of hydrogen-bond acceptors (Lipinski definition) is 4. The van der Waals surface area contributed by atoms with Crippen LogP contribution in [0.2, 0.25) is 0 Å². The quantitative estimate of drug-likeness (QED) is 0.490. The fourth-order valence-electron chi connectivity index (χ4n) is 1.47. The van der Waals surface area contributed by atoms with Gasteiger partial charge in [0.1, 0.15) is 0 Å². The summed E-state index contributed by atoms with van der Waals surface area (Å²) >= 11 is 5.06. The second-order valence-electron chi connectivity index (χ2n) is 4.08. The predicted octanol–water partition coefficient (Wildman–Crippen LogP) is 1.91. The van der Waals surface area contributed by atoms with E-state index < -0.39 is 0 Å². The van der Waals surface area contributed by atoms with Crippen LogP contribution in [0.4, 0.5) is 0 Å². The molecule has 0 aliphatic carbocycles. The molecule has 104 valence electrons. The lowest BCUT2D eigenvalue weighted by Crippen LogP contribution is -2.36. The van der Waals surface area contributed by atoms with Crippen molar-refractivity contribution in [2.24, 2.45) is 5.10 Å². The number of nitrogens with one attached hydrogen (secondary N) is 2. The number of thiocarbonyl (C=S) groups is 1. The average molecular weight is 281 g/mol. The van der Waals surface area contributed by atoms with E-state index in [0.717, 1.165) is 5.56 Å². The minimum atomic E-state index is 0.265. The van der Waals surface area contributed by atoms with Gasteiger partial charge in [-0.3, -0.25) is 5.43 Å². The molecule has 19 heavy (non-hydrogen) atoms. The molecule has 0 aliphatic rings. The molecule has 0 unspecified atom stereocenters. The zero-order valence-electron chi connectivity index (χ0n) is 11.6. The Labute approximate surface area is 119 Å². The summed E-state index contributed by atoms with van der Waals surface area (Å²) in [7, 11) is 3.19. The monoisotopic (exact) mass is 281 g/mol. The zero-order valence-corrected chi connectivity index (χ0v) is 12.4. The van der Waals surface area contributed by atoms with Gasteiger partial charge in [-0.1, -0.05) is 6.07 Å². The molecular weight excluding hydrogens is 262 g/mol. The fraction of sp³-hybridized carbons (Fsp3) is 0.385. The highest BCUT2D eigenvalue weighted by atomic mass is 32.1. The molecule has 0 spiro atoms. The van der Waals surface area contributed by atoms with Gasteiger partial charge < -0.3 is 14.8 Å². The van der Waals surface area contributed by atoms with Gasteiger partial charge in [-0.05, 0) is 38.2 Å². The standard InChI is InChI=1S/C13H19N3O2S/c1-9(2)15-13(19)16-14-8-10-6-5-7-11(17-3)12(10)18-4/h5-9H,1-4H3,(H2,15,16,19). The van der Waals surface area contributed by atoms with Crippen LogP contribution in [0.15, 0.2) is 23.3 Å². The van der Waals surface area contributed by atoms with Crippen molar-refractivity contribution < 1.29 is 9.47 Å². The number of ether oxygens (including phenoxy) is 2. The Morgan fingerprint density at radius 3 is 2.63 bits per heavy atom. The van der Waals surface area contributed by atoms with Crippen molar-refractivity contribution in [3.8, 4) is 11.5 Å². The van der Waals surface area contributed by atoms with Crippen molar-refractivity contribution in [3.63, 3.8) is 0 Å². The molecule has 0 amide bonds. The Kier molecular flexibility index (Phi) is 6.08. The van der Waals surface area contributed by atoms with E-state index in [1.165, 1.54) is 0 Å². The summed E-state index contributed by atoms with van der Waals surface area (Å²) < 4.78 is 10.5. The van der Waals surface area contributed by atoms with Crippen molar-refractivity contribution in [2.45, 2.75) is 19.9 Å². The van der Waals surface area contributed by atoms with E-state index >= 15 is 0 Å². The van der Waals surface area contributed by atoms with E-state index in [2.05, 4.69) is 15.8 Å². The van der Waals surface area contributed by atoms with E-state index in [1.54, 1.807) is 20.4 Å². The maximum atomic E-state index is 5.30. The van der Waals surface area contributed by atoms with Crippen LogP contribution in [-0.4, -0.2) is 31.6 Å². The summed E-state index contributed by atoms with van der Waals surface area (Å²) in [6.07, 6.45) is 1.63. The first-order valence-electron chi connectivity index (χ1n) is 5.89. The van der Waals surface area contributed by atoms with Crippen molar-refractivity contribution in [1.29, 1.82) is 0 Å². The van der Waals surface area contributed by atoms with Crippen molar-refractivity contribution >= 4 is 23.5 Å². The van der Waals surface area contributed by atoms with Crippen LogP contribution in [0.3, 0.4) is 0 Å². The molecule has 2 N–H and O–H groups in total. The first-order chi connectivity index (χ1) is 9.08. The van der Waals surface area contributed by atoms with Gasteiger partial charge in [-0.2, -0.15) is 5.10 Å². The largest absolute Gasteiger partial charge is 0.493 e. The maximum Gasteiger partial charge on any atom is 0.187 e. The first-order valence-corrected chi connectivity index (χ1v) is 6.29. The Bertz CT molecular complexity index is 461. The molecule has 0 radical (unpaired) electrons. The van der Waals surface area contributed by atoms with Crippen LogP contribution in [0.5, 0.6) is 11.5 Å². The molecule has 0 atom stereocenters. The van der Waals surface area contributed by atoms with E-state index in [-0.39, 0.29) is 6.04 Å². The third kappa shape index (κ3) is 4.75. The maximum absolute atomic E-state index is 5.30. The minimum absolute atomic E-state index is 0.265. The highest BCUT2D eigenvalue weighted by molar-refractivity contribution is 7.80. The number of nitrogens with zero attached hydrogens (tertiary/aromatic N) is 1. The van der Waals surface area contributed by atoms with Crippen LogP contribution in [0, 0.1) is 0 Å². The van der Waals surface area contributed by atoms with E-state index in [4.69, 9.17) is 21.7 Å². The van der Waals surface area contributed by atoms with Gasteiger partial charge in [0.05, 0.1) is 20.4 Å². The summed E-state index contributed by atoms with van der Waals surface area (Å²) in [5.74, 6) is 1.30. The topological polar surface area (TPSA) is 54.9 Å². The van der Waals surface area contributed by atoms with E-state index in [9.17, 15) is 0 Å². The van der Waals surface area contributed by atoms with Gasteiger partial charge in [-0.15, -0.1) is 0 Å². The summed E-state index contributed by atoms with van der Waals surface area (Å²) in [5.41, 5.74) is 3.55. The third-order valence-corrected chi connectivity index (χ3v) is 2.43. The Morgan fingerprint density at radius 2 is 2.05 bits per heavy atom. The lowest BCUT2D eigenvalue weighted by molar-refractivity contribution is 0.354. The molecule has 0 saturated carbocycles. The van der Waals surface area contributed by atoms with Crippen LogP contribution < -0.4 is 20.2 Å². The van der Waals surface area contributed by atoms with Gasteiger partial charge >= 0.3 is 0 Å². The molecule has 6 heteroatoms. The molecule has 1 aromatic carbocycles. The molecule has 1 rings (SSSR count). The zero-order chi connectivity index (χ0) is 14.3. The number of hydrogen-bond donors (Lipinski definition) is 2. The molecule has 5 nitrogen and oxygen atoms in total. The molecule has 0 aliphatic heterocycles. The van der Waals surface area contributed by atoms with Gasteiger partial charge in [0.2, 0.25) is 0 Å². The van der Waals surface area contributed by atoms with Gasteiger partial charge in [0.15, 0.2) is 16.6 Å². The molecule has 0 fully saturated rings. The SMILES string of the molecule is COc1cccc(C=NNC(=S)NC(C)C)c1OC. The fourth-order valence-corrected chi connectivity index (χ4v) is 1.76. The number of rotatable bonds is 5. The lowest BCUT2D eigenvalue weighted by atomic mass is 10.2.